The quantitative estimate of drug-likeness (QED) is 0.787. The summed E-state index contributed by atoms with van der Waals surface area (Å²) < 4.78 is 5.33. The second-order valence-electron chi connectivity index (χ2n) is 4.03. The summed E-state index contributed by atoms with van der Waals surface area (Å²) in [5, 5.41) is 1.59. The number of ether oxygens (including phenoxy) is 1. The highest BCUT2D eigenvalue weighted by Gasteiger charge is 2.14. The van der Waals surface area contributed by atoms with Crippen LogP contribution in [0, 0.1) is 0 Å². The van der Waals surface area contributed by atoms with Crippen LogP contribution in [0.1, 0.15) is 0 Å². The number of aromatic amines is 1. The van der Waals surface area contributed by atoms with E-state index in [1.54, 1.807) is 12.4 Å². The lowest BCUT2D eigenvalue weighted by molar-refractivity contribution is 0.123. The third-order valence-electron chi connectivity index (χ3n) is 3.03. The van der Waals surface area contributed by atoms with Crippen LogP contribution >= 0.6 is 0 Å². The van der Waals surface area contributed by atoms with E-state index in [1.165, 1.54) is 0 Å². The Balaban J connectivity index is 2.15. The number of hydrogen-bond donors (Lipinski definition) is 1. The van der Waals surface area contributed by atoms with Crippen LogP contribution in [-0.2, 0) is 4.74 Å². The molecular weight excluding hydrogens is 218 g/mol. The van der Waals surface area contributed by atoms with Crippen molar-refractivity contribution in [3.63, 3.8) is 0 Å². The van der Waals surface area contributed by atoms with Gasteiger partial charge in [-0.15, -0.1) is 0 Å². The minimum atomic E-state index is -0.0925. The van der Waals surface area contributed by atoms with E-state index in [2.05, 4.69) is 14.9 Å². The number of aromatic nitrogens is 2. The highest BCUT2D eigenvalue weighted by molar-refractivity contribution is 5.92. The Kier molecular flexibility index (Phi) is 2.53. The molecule has 5 nitrogen and oxygen atoms in total. The number of rotatable bonds is 1. The van der Waals surface area contributed by atoms with Crippen LogP contribution in [0.2, 0.25) is 0 Å². The molecule has 0 amide bonds. The van der Waals surface area contributed by atoms with Crippen molar-refractivity contribution < 1.29 is 4.74 Å². The Morgan fingerprint density at radius 2 is 2.06 bits per heavy atom. The number of anilines is 1. The lowest BCUT2D eigenvalue weighted by atomic mass is 10.2. The molecule has 0 aromatic carbocycles. The van der Waals surface area contributed by atoms with Crippen LogP contribution in [-0.4, -0.2) is 36.3 Å². The summed E-state index contributed by atoms with van der Waals surface area (Å²) in [6.45, 7) is 3.13. The van der Waals surface area contributed by atoms with Gasteiger partial charge in [0.1, 0.15) is 0 Å². The Hall–Kier alpha value is -1.88. The summed E-state index contributed by atoms with van der Waals surface area (Å²) in [7, 11) is 0. The molecule has 1 aliphatic heterocycles. The second kappa shape index (κ2) is 4.18. The van der Waals surface area contributed by atoms with Crippen LogP contribution in [0.4, 0.5) is 5.69 Å². The summed E-state index contributed by atoms with van der Waals surface area (Å²) in [6.07, 6.45) is 5.10. The van der Waals surface area contributed by atoms with E-state index in [0.29, 0.717) is 5.39 Å². The predicted molar refractivity (Wildman–Crippen MR) is 65.4 cm³/mol. The summed E-state index contributed by atoms with van der Waals surface area (Å²) >= 11 is 0. The van der Waals surface area contributed by atoms with Crippen molar-refractivity contribution in [2.45, 2.75) is 0 Å². The molecule has 2 aromatic heterocycles. The van der Waals surface area contributed by atoms with Crippen molar-refractivity contribution >= 4 is 16.5 Å². The number of H-pyrrole nitrogens is 1. The van der Waals surface area contributed by atoms with Crippen LogP contribution in [0.15, 0.2) is 29.5 Å². The molecule has 5 heteroatoms. The van der Waals surface area contributed by atoms with Gasteiger partial charge in [-0.25, -0.2) is 0 Å². The van der Waals surface area contributed by atoms with Gasteiger partial charge in [0, 0.05) is 30.9 Å². The van der Waals surface area contributed by atoms with Gasteiger partial charge in [-0.3, -0.25) is 9.78 Å². The van der Waals surface area contributed by atoms with Crippen molar-refractivity contribution in [1.82, 2.24) is 9.97 Å². The smallest absolute Gasteiger partial charge is 0.257 e. The molecule has 0 atom stereocenters. The van der Waals surface area contributed by atoms with Crippen molar-refractivity contribution in [2.24, 2.45) is 0 Å². The fraction of sp³-hybridized carbons (Fsp3) is 0.333. The van der Waals surface area contributed by atoms with E-state index in [0.717, 1.165) is 37.4 Å². The third kappa shape index (κ3) is 1.78. The minimum absolute atomic E-state index is 0.0925. The van der Waals surface area contributed by atoms with E-state index >= 15 is 0 Å². The molecule has 0 saturated carbocycles. The monoisotopic (exact) mass is 231 g/mol. The first-order valence-corrected chi connectivity index (χ1v) is 5.64. The van der Waals surface area contributed by atoms with Gasteiger partial charge in [0.2, 0.25) is 0 Å². The maximum absolute atomic E-state index is 11.7. The molecule has 0 aliphatic carbocycles. The molecule has 17 heavy (non-hydrogen) atoms. The normalized spacial score (nSPS) is 16.4. The van der Waals surface area contributed by atoms with Crippen molar-refractivity contribution in [3.05, 3.63) is 35.0 Å². The molecule has 3 rings (SSSR count). The van der Waals surface area contributed by atoms with Crippen molar-refractivity contribution in [2.75, 3.05) is 31.2 Å². The standard InChI is InChI=1S/C12H13N3O2/c16-12-10-7-13-8-11(9(10)1-2-14-12)15-3-5-17-6-4-15/h1-2,7-8H,3-6H2,(H,14,16). The van der Waals surface area contributed by atoms with Gasteiger partial charge >= 0.3 is 0 Å². The highest BCUT2D eigenvalue weighted by atomic mass is 16.5. The maximum Gasteiger partial charge on any atom is 0.257 e. The SMILES string of the molecule is O=c1[nH]ccc2c(N3CCOCC3)cncc12. The van der Waals surface area contributed by atoms with E-state index in [1.807, 2.05) is 12.3 Å². The number of fused-ring (bicyclic) bond motifs is 1. The average Bonchev–Trinajstić information content (AvgIpc) is 2.40. The highest BCUT2D eigenvalue weighted by Crippen LogP contribution is 2.23. The van der Waals surface area contributed by atoms with Gasteiger partial charge in [0.05, 0.1) is 30.5 Å². The average molecular weight is 231 g/mol. The molecule has 2 aromatic rings. The van der Waals surface area contributed by atoms with Crippen LogP contribution in [0.25, 0.3) is 10.8 Å². The Morgan fingerprint density at radius 1 is 1.24 bits per heavy atom. The molecule has 0 bridgehead atoms. The Labute approximate surface area is 98.0 Å². The molecule has 88 valence electrons. The fourth-order valence-corrected chi connectivity index (χ4v) is 2.15. The van der Waals surface area contributed by atoms with Gasteiger partial charge in [0.25, 0.3) is 5.56 Å². The van der Waals surface area contributed by atoms with E-state index < -0.39 is 0 Å². The minimum Gasteiger partial charge on any atom is -0.378 e. The largest absolute Gasteiger partial charge is 0.378 e. The summed E-state index contributed by atoms with van der Waals surface area (Å²) in [6, 6.07) is 1.92. The summed E-state index contributed by atoms with van der Waals surface area (Å²) in [5.74, 6) is 0. The van der Waals surface area contributed by atoms with Crippen molar-refractivity contribution in [1.29, 1.82) is 0 Å². The second-order valence-corrected chi connectivity index (χ2v) is 4.03. The molecule has 1 aliphatic rings. The molecule has 1 saturated heterocycles. The number of nitrogens with zero attached hydrogens (tertiary/aromatic N) is 2. The zero-order chi connectivity index (χ0) is 11.7. The van der Waals surface area contributed by atoms with E-state index in [4.69, 9.17) is 4.74 Å². The maximum atomic E-state index is 11.7. The van der Waals surface area contributed by atoms with Crippen molar-refractivity contribution in [3.8, 4) is 0 Å². The number of morpholine rings is 1. The third-order valence-corrected chi connectivity index (χ3v) is 3.03. The Bertz CT molecular complexity index is 588. The fourth-order valence-electron chi connectivity index (χ4n) is 2.15. The van der Waals surface area contributed by atoms with Gasteiger partial charge in [-0.05, 0) is 6.07 Å². The van der Waals surface area contributed by atoms with Gasteiger partial charge < -0.3 is 14.6 Å². The number of hydrogen-bond acceptors (Lipinski definition) is 4. The predicted octanol–water partition coefficient (Wildman–Crippen LogP) is 0.760. The van der Waals surface area contributed by atoms with Crippen LogP contribution in [0.3, 0.4) is 0 Å². The lowest BCUT2D eigenvalue weighted by Crippen LogP contribution is -2.36. The van der Waals surface area contributed by atoms with E-state index in [-0.39, 0.29) is 5.56 Å². The van der Waals surface area contributed by atoms with Crippen LogP contribution in [0.5, 0.6) is 0 Å². The molecule has 0 radical (unpaired) electrons. The van der Waals surface area contributed by atoms with Crippen LogP contribution < -0.4 is 10.5 Å². The molecule has 0 spiro atoms. The van der Waals surface area contributed by atoms with E-state index in [9.17, 15) is 4.79 Å². The first-order chi connectivity index (χ1) is 8.36. The molecule has 3 heterocycles. The number of pyridine rings is 2. The van der Waals surface area contributed by atoms with Gasteiger partial charge in [0.15, 0.2) is 0 Å². The molecule has 0 unspecified atom stereocenters. The number of nitrogens with one attached hydrogen (secondary N) is 1. The Morgan fingerprint density at radius 3 is 2.88 bits per heavy atom. The lowest BCUT2D eigenvalue weighted by Gasteiger charge is -2.29. The zero-order valence-electron chi connectivity index (χ0n) is 9.35. The topological polar surface area (TPSA) is 58.2 Å². The summed E-state index contributed by atoms with van der Waals surface area (Å²) in [5.41, 5.74) is 0.919. The molecular formula is C12H13N3O2. The molecule has 1 N–H and O–H groups in total. The first-order valence-electron chi connectivity index (χ1n) is 5.64. The first kappa shape index (κ1) is 10.3. The zero-order valence-corrected chi connectivity index (χ0v) is 9.35. The summed E-state index contributed by atoms with van der Waals surface area (Å²) in [4.78, 5) is 20.7. The van der Waals surface area contributed by atoms with Gasteiger partial charge in [-0.1, -0.05) is 0 Å². The molecule has 1 fully saturated rings. The van der Waals surface area contributed by atoms with Gasteiger partial charge in [-0.2, -0.15) is 0 Å².